The molecular formula is C20H16Br2O3. The number of hydrogen-bond acceptors (Lipinski definition) is 3. The second-order valence-corrected chi connectivity index (χ2v) is 7.24. The lowest BCUT2D eigenvalue weighted by Gasteiger charge is -2.12. The summed E-state index contributed by atoms with van der Waals surface area (Å²) in [5, 5.41) is 1.86. The van der Waals surface area contributed by atoms with E-state index in [1.54, 1.807) is 18.2 Å². The van der Waals surface area contributed by atoms with Crippen molar-refractivity contribution in [3.05, 3.63) is 69.1 Å². The predicted molar refractivity (Wildman–Crippen MR) is 107 cm³/mol. The molecule has 128 valence electrons. The van der Waals surface area contributed by atoms with E-state index in [4.69, 9.17) is 9.47 Å². The molecule has 0 saturated heterocycles. The minimum Gasteiger partial charge on any atom is -0.493 e. The summed E-state index contributed by atoms with van der Waals surface area (Å²) in [5.74, 6) is 0.599. The highest BCUT2D eigenvalue weighted by Crippen LogP contribution is 2.33. The molecule has 0 unspecified atom stereocenters. The summed E-state index contributed by atoms with van der Waals surface area (Å²) in [6.45, 7) is 2.56. The van der Waals surface area contributed by atoms with Crippen LogP contribution in [-0.2, 0) is 0 Å². The van der Waals surface area contributed by atoms with E-state index in [1.165, 1.54) is 0 Å². The molecule has 3 aromatic carbocycles. The summed E-state index contributed by atoms with van der Waals surface area (Å²) >= 11 is 6.92. The Bertz CT molecular complexity index is 922. The first kappa shape index (κ1) is 18.0. The molecule has 0 spiro atoms. The van der Waals surface area contributed by atoms with E-state index in [9.17, 15) is 4.79 Å². The van der Waals surface area contributed by atoms with E-state index in [2.05, 4.69) is 31.9 Å². The van der Waals surface area contributed by atoms with Crippen LogP contribution in [0, 0.1) is 0 Å². The maximum absolute atomic E-state index is 12.7. The number of fused-ring (bicyclic) bond motifs is 1. The summed E-state index contributed by atoms with van der Waals surface area (Å²) in [4.78, 5) is 12.7. The van der Waals surface area contributed by atoms with Crippen molar-refractivity contribution in [2.24, 2.45) is 0 Å². The second-order valence-electron chi connectivity index (χ2n) is 5.47. The van der Waals surface area contributed by atoms with Gasteiger partial charge in [0.1, 0.15) is 17.1 Å². The van der Waals surface area contributed by atoms with Crippen LogP contribution in [0.5, 0.6) is 11.5 Å². The molecule has 0 amide bonds. The van der Waals surface area contributed by atoms with Crippen molar-refractivity contribution in [3.63, 3.8) is 0 Å². The minimum atomic E-state index is -0.445. The third-order valence-electron chi connectivity index (χ3n) is 3.66. The van der Waals surface area contributed by atoms with Gasteiger partial charge in [0.15, 0.2) is 0 Å². The Morgan fingerprint density at radius 3 is 2.44 bits per heavy atom. The number of esters is 1. The number of halogens is 2. The molecule has 3 nitrogen and oxygen atoms in total. The summed E-state index contributed by atoms with van der Waals surface area (Å²) in [6, 6.07) is 16.8. The Balaban J connectivity index is 1.96. The van der Waals surface area contributed by atoms with Crippen LogP contribution in [0.4, 0.5) is 0 Å². The van der Waals surface area contributed by atoms with Crippen LogP contribution in [0.15, 0.2) is 63.5 Å². The lowest BCUT2D eigenvalue weighted by molar-refractivity contribution is 0.0732. The maximum Gasteiger partial charge on any atom is 0.347 e. The van der Waals surface area contributed by atoms with E-state index < -0.39 is 5.97 Å². The average Bonchev–Trinajstić information content (AvgIpc) is 2.63. The predicted octanol–water partition coefficient (Wildman–Crippen LogP) is 6.37. The number of ether oxygens (including phenoxy) is 2. The number of carbonyl (C=O) groups excluding carboxylic acids is 1. The van der Waals surface area contributed by atoms with Gasteiger partial charge in [-0.2, -0.15) is 0 Å². The van der Waals surface area contributed by atoms with Crippen LogP contribution in [0.3, 0.4) is 0 Å². The van der Waals surface area contributed by atoms with Crippen molar-refractivity contribution in [2.45, 2.75) is 13.3 Å². The molecule has 0 heterocycles. The zero-order valence-electron chi connectivity index (χ0n) is 13.6. The zero-order valence-corrected chi connectivity index (χ0v) is 16.8. The van der Waals surface area contributed by atoms with Crippen molar-refractivity contribution < 1.29 is 14.3 Å². The fourth-order valence-electron chi connectivity index (χ4n) is 2.48. The van der Waals surface area contributed by atoms with E-state index >= 15 is 0 Å². The molecule has 0 aliphatic heterocycles. The molecular weight excluding hydrogens is 448 g/mol. The highest BCUT2D eigenvalue weighted by Gasteiger charge is 2.17. The van der Waals surface area contributed by atoms with Gasteiger partial charge in [0, 0.05) is 14.3 Å². The molecule has 0 atom stereocenters. The second kappa shape index (κ2) is 8.02. The number of benzene rings is 3. The molecule has 3 aromatic rings. The van der Waals surface area contributed by atoms with Crippen molar-refractivity contribution in [3.8, 4) is 11.5 Å². The maximum atomic E-state index is 12.7. The van der Waals surface area contributed by atoms with Crippen molar-refractivity contribution >= 4 is 48.6 Å². The third-order valence-corrected chi connectivity index (χ3v) is 4.84. The first-order chi connectivity index (χ1) is 12.1. The van der Waals surface area contributed by atoms with Crippen LogP contribution < -0.4 is 9.47 Å². The fourth-order valence-corrected chi connectivity index (χ4v) is 3.32. The highest BCUT2D eigenvalue weighted by molar-refractivity contribution is 9.11. The Morgan fingerprint density at radius 2 is 1.68 bits per heavy atom. The van der Waals surface area contributed by atoms with Crippen LogP contribution in [0.25, 0.3) is 10.8 Å². The van der Waals surface area contributed by atoms with Gasteiger partial charge in [0.2, 0.25) is 0 Å². The molecule has 25 heavy (non-hydrogen) atoms. The van der Waals surface area contributed by atoms with Crippen molar-refractivity contribution in [2.75, 3.05) is 6.61 Å². The van der Waals surface area contributed by atoms with E-state index in [1.807, 2.05) is 43.3 Å². The largest absolute Gasteiger partial charge is 0.493 e. The van der Waals surface area contributed by atoms with Crippen LogP contribution in [-0.4, -0.2) is 12.6 Å². The van der Waals surface area contributed by atoms with Crippen molar-refractivity contribution in [1.82, 2.24) is 0 Å². The third kappa shape index (κ3) is 4.05. The number of rotatable bonds is 5. The fraction of sp³-hybridized carbons (Fsp3) is 0.150. The Morgan fingerprint density at radius 1 is 0.960 bits per heavy atom. The smallest absolute Gasteiger partial charge is 0.347 e. The summed E-state index contributed by atoms with van der Waals surface area (Å²) < 4.78 is 13.1. The molecule has 0 bridgehead atoms. The van der Waals surface area contributed by atoms with Gasteiger partial charge in [0.05, 0.1) is 6.61 Å². The SMILES string of the molecule is CCCOc1ccc(Br)cc1C(=O)Oc1ccc(Br)c2ccccc12. The normalized spacial score (nSPS) is 10.7. The van der Waals surface area contributed by atoms with Crippen LogP contribution >= 0.6 is 31.9 Å². The first-order valence-corrected chi connectivity index (χ1v) is 9.50. The van der Waals surface area contributed by atoms with Crippen molar-refractivity contribution in [1.29, 1.82) is 0 Å². The van der Waals surface area contributed by atoms with Crippen LogP contribution in [0.2, 0.25) is 0 Å². The summed E-state index contributed by atoms with van der Waals surface area (Å²) in [7, 11) is 0. The van der Waals surface area contributed by atoms with Gasteiger partial charge in [-0.3, -0.25) is 0 Å². The number of hydrogen-bond donors (Lipinski definition) is 0. The molecule has 0 radical (unpaired) electrons. The average molecular weight is 464 g/mol. The Hall–Kier alpha value is -1.85. The number of carbonyl (C=O) groups is 1. The van der Waals surface area contributed by atoms with Gasteiger partial charge in [-0.05, 0) is 42.1 Å². The monoisotopic (exact) mass is 462 g/mol. The van der Waals surface area contributed by atoms with Gasteiger partial charge in [-0.1, -0.05) is 63.0 Å². The molecule has 0 N–H and O–H groups in total. The lowest BCUT2D eigenvalue weighted by Crippen LogP contribution is -2.11. The van der Waals surface area contributed by atoms with Gasteiger partial charge in [-0.25, -0.2) is 4.79 Å². The molecule has 0 aliphatic carbocycles. The molecule has 0 aliphatic rings. The summed E-state index contributed by atoms with van der Waals surface area (Å²) in [5.41, 5.74) is 0.398. The zero-order chi connectivity index (χ0) is 17.8. The van der Waals surface area contributed by atoms with Crippen LogP contribution in [0.1, 0.15) is 23.7 Å². The minimum absolute atomic E-state index is 0.398. The molecule has 5 heteroatoms. The standard InChI is InChI=1S/C20H16Br2O3/c1-2-11-24-18-9-7-13(21)12-16(18)20(23)25-19-10-8-17(22)14-5-3-4-6-15(14)19/h3-10,12H,2,11H2,1H3. The highest BCUT2D eigenvalue weighted by atomic mass is 79.9. The van der Waals surface area contributed by atoms with Gasteiger partial charge in [0.25, 0.3) is 0 Å². The molecule has 0 fully saturated rings. The van der Waals surface area contributed by atoms with E-state index in [0.717, 1.165) is 26.1 Å². The van der Waals surface area contributed by atoms with Gasteiger partial charge in [-0.15, -0.1) is 0 Å². The van der Waals surface area contributed by atoms with E-state index in [0.29, 0.717) is 23.7 Å². The molecule has 0 saturated carbocycles. The van der Waals surface area contributed by atoms with Gasteiger partial charge < -0.3 is 9.47 Å². The topological polar surface area (TPSA) is 35.5 Å². The summed E-state index contributed by atoms with van der Waals surface area (Å²) in [6.07, 6.45) is 0.863. The quantitative estimate of drug-likeness (QED) is 0.325. The molecule has 3 rings (SSSR count). The lowest BCUT2D eigenvalue weighted by atomic mass is 10.1. The Labute approximate surface area is 163 Å². The molecule has 0 aromatic heterocycles. The van der Waals surface area contributed by atoms with Gasteiger partial charge >= 0.3 is 5.97 Å². The Kier molecular flexibility index (Phi) is 5.76. The first-order valence-electron chi connectivity index (χ1n) is 7.92. The van der Waals surface area contributed by atoms with E-state index in [-0.39, 0.29) is 0 Å².